The van der Waals surface area contributed by atoms with Crippen molar-refractivity contribution in [1.82, 2.24) is 15.1 Å². The third-order valence-corrected chi connectivity index (χ3v) is 5.57. The lowest BCUT2D eigenvalue weighted by Crippen LogP contribution is -2.40. The third-order valence-electron chi connectivity index (χ3n) is 4.12. The van der Waals surface area contributed by atoms with Crippen molar-refractivity contribution < 1.29 is 0 Å². The summed E-state index contributed by atoms with van der Waals surface area (Å²) in [7, 11) is 2.04. The van der Waals surface area contributed by atoms with Crippen LogP contribution < -0.4 is 5.32 Å². The average molecular weight is 301 g/mol. The normalized spacial score (nSPS) is 18.7. The van der Waals surface area contributed by atoms with E-state index in [4.69, 9.17) is 0 Å². The number of fused-ring (bicyclic) bond motifs is 1. The molecule has 21 heavy (non-hydrogen) atoms. The zero-order chi connectivity index (χ0) is 14.8. The topological polar surface area (TPSA) is 29.9 Å². The number of nitrogens with one attached hydrogen (secondary N) is 1. The van der Waals surface area contributed by atoms with Gasteiger partial charge in [-0.15, -0.1) is 11.8 Å². The van der Waals surface area contributed by atoms with E-state index in [0.29, 0.717) is 11.3 Å². The van der Waals surface area contributed by atoms with Gasteiger partial charge in [0.1, 0.15) is 0 Å². The Balaban J connectivity index is 1.75. The van der Waals surface area contributed by atoms with Crippen molar-refractivity contribution in [2.75, 3.05) is 6.54 Å². The Labute approximate surface area is 131 Å². The molecule has 112 valence electrons. The van der Waals surface area contributed by atoms with Crippen molar-refractivity contribution in [2.24, 2.45) is 7.05 Å². The fraction of sp³-hybridized carbons (Fsp3) is 0.471. The van der Waals surface area contributed by atoms with Crippen LogP contribution in [-0.4, -0.2) is 27.6 Å². The van der Waals surface area contributed by atoms with E-state index in [0.717, 1.165) is 25.1 Å². The van der Waals surface area contributed by atoms with E-state index in [1.54, 1.807) is 0 Å². The molecule has 0 fully saturated rings. The molecule has 1 aromatic heterocycles. The summed E-state index contributed by atoms with van der Waals surface area (Å²) in [5.74, 6) is 0. The van der Waals surface area contributed by atoms with Gasteiger partial charge in [-0.05, 0) is 37.6 Å². The molecule has 3 nitrogen and oxygen atoms in total. The van der Waals surface area contributed by atoms with Gasteiger partial charge in [0.15, 0.2) is 0 Å². The summed E-state index contributed by atoms with van der Waals surface area (Å²) in [6.45, 7) is 5.26. The summed E-state index contributed by atoms with van der Waals surface area (Å²) in [4.78, 5) is 1.45. The van der Waals surface area contributed by atoms with Gasteiger partial charge in [0.05, 0.1) is 5.69 Å². The molecule has 2 aromatic rings. The molecule has 1 aliphatic heterocycles. The summed E-state index contributed by atoms with van der Waals surface area (Å²) in [6.07, 6.45) is 2.20. The summed E-state index contributed by atoms with van der Waals surface area (Å²) in [5, 5.41) is 8.76. The van der Waals surface area contributed by atoms with Gasteiger partial charge in [0, 0.05) is 35.3 Å². The van der Waals surface area contributed by atoms with Crippen LogP contribution in [0.25, 0.3) is 0 Å². The van der Waals surface area contributed by atoms with Crippen LogP contribution in [0.15, 0.2) is 35.2 Å². The Kier molecular flexibility index (Phi) is 4.36. The Morgan fingerprint density at radius 2 is 2.24 bits per heavy atom. The Morgan fingerprint density at radius 3 is 2.90 bits per heavy atom. The molecular formula is C17H23N3S. The first-order valence-corrected chi connectivity index (χ1v) is 8.52. The molecule has 3 rings (SSSR count). The first kappa shape index (κ1) is 14.7. The number of nitrogens with zero attached hydrogens (tertiary/aromatic N) is 2. The highest BCUT2D eigenvalue weighted by molar-refractivity contribution is 8.00. The smallest absolute Gasteiger partial charge is 0.0596 e. The molecule has 0 saturated carbocycles. The van der Waals surface area contributed by atoms with Crippen LogP contribution in [0.3, 0.4) is 0 Å². The average Bonchev–Trinajstić information content (AvgIpc) is 3.01. The Bertz CT molecular complexity index is 595. The Hall–Kier alpha value is -1.26. The maximum atomic E-state index is 4.47. The fourth-order valence-electron chi connectivity index (χ4n) is 3.11. The number of thioether (sulfide) groups is 1. The predicted molar refractivity (Wildman–Crippen MR) is 88.9 cm³/mol. The molecule has 0 saturated heterocycles. The van der Waals surface area contributed by atoms with Crippen molar-refractivity contribution in [3.8, 4) is 0 Å². The van der Waals surface area contributed by atoms with E-state index in [-0.39, 0.29) is 0 Å². The van der Waals surface area contributed by atoms with Crippen LogP contribution in [0.1, 0.15) is 23.9 Å². The summed E-state index contributed by atoms with van der Waals surface area (Å²) < 4.78 is 2.02. The molecule has 1 N–H and O–H groups in total. The molecule has 4 heteroatoms. The zero-order valence-corrected chi connectivity index (χ0v) is 13.8. The second kappa shape index (κ2) is 6.24. The summed E-state index contributed by atoms with van der Waals surface area (Å²) in [5.41, 5.74) is 3.91. The highest BCUT2D eigenvalue weighted by atomic mass is 32.2. The maximum Gasteiger partial charge on any atom is 0.0596 e. The molecular weight excluding hydrogens is 278 g/mol. The number of aromatic nitrogens is 2. The van der Waals surface area contributed by atoms with Crippen LogP contribution in [-0.2, 0) is 19.9 Å². The highest BCUT2D eigenvalue weighted by Crippen LogP contribution is 2.38. The van der Waals surface area contributed by atoms with Gasteiger partial charge >= 0.3 is 0 Å². The van der Waals surface area contributed by atoms with Crippen molar-refractivity contribution in [2.45, 2.75) is 42.9 Å². The number of benzene rings is 1. The van der Waals surface area contributed by atoms with E-state index in [1.807, 2.05) is 23.5 Å². The number of hydrogen-bond acceptors (Lipinski definition) is 3. The van der Waals surface area contributed by atoms with Crippen LogP contribution in [0.4, 0.5) is 0 Å². The van der Waals surface area contributed by atoms with Gasteiger partial charge in [0.25, 0.3) is 0 Å². The van der Waals surface area contributed by atoms with E-state index < -0.39 is 0 Å². The first-order valence-electron chi connectivity index (χ1n) is 7.65. The zero-order valence-electron chi connectivity index (χ0n) is 13.0. The van der Waals surface area contributed by atoms with E-state index in [9.17, 15) is 0 Å². The monoisotopic (exact) mass is 301 g/mol. The van der Waals surface area contributed by atoms with Gasteiger partial charge < -0.3 is 5.32 Å². The number of aryl methyl sites for hydroxylation is 2. The molecule has 2 unspecified atom stereocenters. The molecule has 0 bridgehead atoms. The first-order chi connectivity index (χ1) is 10.2. The number of rotatable bonds is 5. The molecule has 0 aliphatic carbocycles. The van der Waals surface area contributed by atoms with Crippen LogP contribution >= 0.6 is 11.8 Å². The van der Waals surface area contributed by atoms with Crippen molar-refractivity contribution >= 4 is 11.8 Å². The van der Waals surface area contributed by atoms with E-state index in [2.05, 4.69) is 54.6 Å². The van der Waals surface area contributed by atoms with Crippen LogP contribution in [0.5, 0.6) is 0 Å². The number of hydrogen-bond donors (Lipinski definition) is 1. The highest BCUT2D eigenvalue weighted by Gasteiger charge is 2.29. The standard InChI is InChI=1S/C17H23N3S/c1-4-18-15(11-14-9-12(2)19-20(14)3)17-10-13-7-5-6-8-16(13)21-17/h5-9,15,17-18H,4,10-11H2,1-3H3. The van der Waals surface area contributed by atoms with Gasteiger partial charge in [-0.2, -0.15) is 5.10 Å². The van der Waals surface area contributed by atoms with Crippen LogP contribution in [0, 0.1) is 6.92 Å². The minimum atomic E-state index is 0.488. The molecule has 0 spiro atoms. The second-order valence-corrected chi connectivity index (χ2v) is 7.02. The van der Waals surface area contributed by atoms with Gasteiger partial charge in [0.2, 0.25) is 0 Å². The summed E-state index contributed by atoms with van der Waals surface area (Å²) in [6, 6.07) is 11.5. The summed E-state index contributed by atoms with van der Waals surface area (Å²) >= 11 is 2.02. The lowest BCUT2D eigenvalue weighted by molar-refractivity contribution is 0.491. The third kappa shape index (κ3) is 3.16. The number of likely N-dealkylation sites (N-methyl/N-ethyl adjacent to an activating group) is 1. The quantitative estimate of drug-likeness (QED) is 0.921. The van der Waals surface area contributed by atoms with Gasteiger partial charge in [-0.3, -0.25) is 4.68 Å². The second-order valence-electron chi connectivity index (χ2n) is 5.74. The van der Waals surface area contributed by atoms with Crippen molar-refractivity contribution in [3.63, 3.8) is 0 Å². The van der Waals surface area contributed by atoms with E-state index in [1.165, 1.54) is 16.2 Å². The van der Waals surface area contributed by atoms with Crippen molar-refractivity contribution in [3.05, 3.63) is 47.3 Å². The molecule has 2 heterocycles. The molecule has 0 amide bonds. The predicted octanol–water partition coefficient (Wildman–Crippen LogP) is 2.97. The molecule has 1 aliphatic rings. The minimum Gasteiger partial charge on any atom is -0.313 e. The largest absolute Gasteiger partial charge is 0.313 e. The van der Waals surface area contributed by atoms with E-state index >= 15 is 0 Å². The van der Waals surface area contributed by atoms with Crippen LogP contribution in [0.2, 0.25) is 0 Å². The minimum absolute atomic E-state index is 0.488. The molecule has 1 aromatic carbocycles. The SMILES string of the molecule is CCNC(Cc1cc(C)nn1C)C1Cc2ccccc2S1. The fourth-order valence-corrected chi connectivity index (χ4v) is 4.52. The Morgan fingerprint density at radius 1 is 1.43 bits per heavy atom. The lowest BCUT2D eigenvalue weighted by atomic mass is 10.0. The van der Waals surface area contributed by atoms with Gasteiger partial charge in [-0.25, -0.2) is 0 Å². The maximum absolute atomic E-state index is 4.47. The van der Waals surface area contributed by atoms with Gasteiger partial charge in [-0.1, -0.05) is 25.1 Å². The molecule has 0 radical (unpaired) electrons. The van der Waals surface area contributed by atoms with Crippen molar-refractivity contribution in [1.29, 1.82) is 0 Å². The lowest BCUT2D eigenvalue weighted by Gasteiger charge is -2.23. The molecule has 2 atom stereocenters.